The van der Waals surface area contributed by atoms with E-state index in [2.05, 4.69) is 9.97 Å². The minimum atomic E-state index is -2.49. The number of alkyl halides is 2. The van der Waals surface area contributed by atoms with Crippen LogP contribution >= 0.6 is 0 Å². The van der Waals surface area contributed by atoms with Crippen LogP contribution < -0.4 is 10.6 Å². The summed E-state index contributed by atoms with van der Waals surface area (Å²) in [4.78, 5) is 9.93. The van der Waals surface area contributed by atoms with Crippen molar-refractivity contribution in [2.24, 2.45) is 0 Å². The fourth-order valence-corrected chi connectivity index (χ4v) is 1.94. The first-order chi connectivity index (χ1) is 9.02. The van der Waals surface area contributed by atoms with Gasteiger partial charge in [0.1, 0.15) is 17.5 Å². The van der Waals surface area contributed by atoms with Crippen molar-refractivity contribution < 1.29 is 13.9 Å². The topological polar surface area (TPSA) is 75.3 Å². The Morgan fingerprint density at radius 2 is 2.11 bits per heavy atom. The molecule has 0 unspecified atom stereocenters. The molecule has 1 aromatic heterocycles. The van der Waals surface area contributed by atoms with Crippen LogP contribution in [0, 0.1) is 6.92 Å². The molecule has 0 amide bonds. The van der Waals surface area contributed by atoms with Gasteiger partial charge in [-0.1, -0.05) is 0 Å². The Kier molecular flexibility index (Phi) is 4.14. The zero-order valence-corrected chi connectivity index (χ0v) is 10.8. The van der Waals surface area contributed by atoms with Crippen molar-refractivity contribution in [3.63, 3.8) is 0 Å². The van der Waals surface area contributed by atoms with E-state index in [1.807, 2.05) is 0 Å². The summed E-state index contributed by atoms with van der Waals surface area (Å²) < 4.78 is 25.2. The molecule has 1 saturated carbocycles. The van der Waals surface area contributed by atoms with Gasteiger partial charge in [0.25, 0.3) is 6.43 Å². The molecule has 1 aliphatic rings. The van der Waals surface area contributed by atoms with Gasteiger partial charge in [-0.2, -0.15) is 0 Å². The maximum Gasteiger partial charge on any atom is 0.255 e. The van der Waals surface area contributed by atoms with Crippen LogP contribution in [-0.2, 0) is 0 Å². The lowest BCUT2D eigenvalue weighted by Gasteiger charge is -2.24. The summed E-state index contributed by atoms with van der Waals surface area (Å²) in [5, 5.41) is 9.00. The van der Waals surface area contributed by atoms with E-state index in [0.717, 1.165) is 12.8 Å². The van der Waals surface area contributed by atoms with Crippen LogP contribution in [0.1, 0.15) is 30.1 Å². The number of aliphatic hydroxyl groups excluding tert-OH is 1. The average Bonchev–Trinajstić information content (AvgIpc) is 3.15. The van der Waals surface area contributed by atoms with Crippen molar-refractivity contribution in [2.45, 2.75) is 32.1 Å². The zero-order chi connectivity index (χ0) is 14.0. The SMILES string of the molecule is Cc1c(N)nc(C2CC2)nc1N(CCO)CC(F)F. The molecule has 0 saturated heterocycles. The van der Waals surface area contributed by atoms with Crippen LogP contribution in [0.5, 0.6) is 0 Å². The fourth-order valence-electron chi connectivity index (χ4n) is 1.94. The first-order valence-electron chi connectivity index (χ1n) is 6.31. The first-order valence-corrected chi connectivity index (χ1v) is 6.31. The summed E-state index contributed by atoms with van der Waals surface area (Å²) >= 11 is 0. The minimum Gasteiger partial charge on any atom is -0.395 e. The van der Waals surface area contributed by atoms with Crippen molar-refractivity contribution in [3.8, 4) is 0 Å². The molecule has 5 nitrogen and oxygen atoms in total. The summed E-state index contributed by atoms with van der Waals surface area (Å²) in [5.74, 6) is 1.65. The van der Waals surface area contributed by atoms with Gasteiger partial charge in [0.2, 0.25) is 0 Å². The Morgan fingerprint density at radius 1 is 1.42 bits per heavy atom. The highest BCUT2D eigenvalue weighted by Gasteiger charge is 2.29. The monoisotopic (exact) mass is 272 g/mol. The molecule has 0 atom stereocenters. The molecular formula is C12H18F2N4O. The van der Waals surface area contributed by atoms with Gasteiger partial charge in [-0.25, -0.2) is 18.7 Å². The van der Waals surface area contributed by atoms with Crippen molar-refractivity contribution in [1.82, 2.24) is 9.97 Å². The molecule has 0 aliphatic heterocycles. The number of anilines is 2. The first kappa shape index (κ1) is 13.9. The summed E-state index contributed by atoms with van der Waals surface area (Å²) in [6, 6.07) is 0. The summed E-state index contributed by atoms with van der Waals surface area (Å²) in [6.45, 7) is 1.12. The Bertz CT molecular complexity index is 452. The number of nitrogen functional groups attached to an aromatic ring is 1. The number of halogens is 2. The van der Waals surface area contributed by atoms with Crippen LogP contribution in [0.3, 0.4) is 0 Å². The number of nitrogens with zero attached hydrogens (tertiary/aromatic N) is 3. The molecule has 0 spiro atoms. The van der Waals surface area contributed by atoms with E-state index in [1.54, 1.807) is 6.92 Å². The molecule has 106 valence electrons. The number of rotatable bonds is 6. The van der Waals surface area contributed by atoms with Crippen molar-refractivity contribution in [1.29, 1.82) is 0 Å². The van der Waals surface area contributed by atoms with Gasteiger partial charge in [0.15, 0.2) is 0 Å². The number of aliphatic hydroxyl groups is 1. The maximum atomic E-state index is 12.6. The second-order valence-corrected chi connectivity index (χ2v) is 4.75. The molecule has 0 radical (unpaired) electrons. The lowest BCUT2D eigenvalue weighted by atomic mass is 10.2. The molecule has 1 aromatic rings. The largest absolute Gasteiger partial charge is 0.395 e. The molecule has 1 fully saturated rings. The lowest BCUT2D eigenvalue weighted by Crippen LogP contribution is -2.33. The van der Waals surface area contributed by atoms with Crippen LogP contribution in [-0.4, -0.2) is 41.2 Å². The molecule has 0 aromatic carbocycles. The molecular weight excluding hydrogens is 254 g/mol. The highest BCUT2D eigenvalue weighted by molar-refractivity contribution is 5.57. The van der Waals surface area contributed by atoms with E-state index in [-0.39, 0.29) is 13.2 Å². The summed E-state index contributed by atoms with van der Waals surface area (Å²) in [7, 11) is 0. The van der Waals surface area contributed by atoms with Gasteiger partial charge in [-0.05, 0) is 19.8 Å². The molecule has 3 N–H and O–H groups in total. The van der Waals surface area contributed by atoms with Crippen molar-refractivity contribution in [3.05, 3.63) is 11.4 Å². The van der Waals surface area contributed by atoms with Gasteiger partial charge in [-0.15, -0.1) is 0 Å². The van der Waals surface area contributed by atoms with Crippen LogP contribution in [0.4, 0.5) is 20.4 Å². The summed E-state index contributed by atoms with van der Waals surface area (Å²) in [5.41, 5.74) is 6.41. The zero-order valence-electron chi connectivity index (χ0n) is 10.8. The van der Waals surface area contributed by atoms with E-state index in [0.29, 0.717) is 28.9 Å². The second-order valence-electron chi connectivity index (χ2n) is 4.75. The van der Waals surface area contributed by atoms with Crippen LogP contribution in [0.2, 0.25) is 0 Å². The predicted molar refractivity (Wildman–Crippen MR) is 68.5 cm³/mol. The Hall–Kier alpha value is -1.50. The molecule has 1 heterocycles. The Labute approximate surface area is 110 Å². The highest BCUT2D eigenvalue weighted by atomic mass is 19.3. The van der Waals surface area contributed by atoms with Crippen molar-refractivity contribution in [2.75, 3.05) is 30.3 Å². The molecule has 0 bridgehead atoms. The maximum absolute atomic E-state index is 12.6. The Balaban J connectivity index is 2.33. The van der Waals surface area contributed by atoms with Crippen LogP contribution in [0.15, 0.2) is 0 Å². The standard InChI is InChI=1S/C12H18F2N4O/c1-7-10(15)16-11(8-2-3-8)17-12(7)18(4-5-19)6-9(13)14/h8-9,19H,2-6H2,1H3,(H2,15,16,17). The highest BCUT2D eigenvalue weighted by Crippen LogP contribution is 2.39. The third kappa shape index (κ3) is 3.28. The normalized spacial score (nSPS) is 15.0. The van der Waals surface area contributed by atoms with Gasteiger partial charge in [0, 0.05) is 18.0 Å². The number of nitrogens with two attached hydrogens (primary N) is 1. The molecule has 7 heteroatoms. The van der Waals surface area contributed by atoms with E-state index in [1.165, 1.54) is 4.90 Å². The predicted octanol–water partition coefficient (Wildman–Crippen LogP) is 1.31. The third-order valence-electron chi connectivity index (χ3n) is 3.15. The van der Waals surface area contributed by atoms with Gasteiger partial charge < -0.3 is 15.7 Å². The van der Waals surface area contributed by atoms with E-state index in [4.69, 9.17) is 10.8 Å². The minimum absolute atomic E-state index is 0.103. The Morgan fingerprint density at radius 3 is 2.63 bits per heavy atom. The number of hydrogen-bond acceptors (Lipinski definition) is 5. The van der Waals surface area contributed by atoms with E-state index < -0.39 is 13.0 Å². The van der Waals surface area contributed by atoms with Crippen LogP contribution in [0.25, 0.3) is 0 Å². The quantitative estimate of drug-likeness (QED) is 0.816. The van der Waals surface area contributed by atoms with E-state index >= 15 is 0 Å². The average molecular weight is 272 g/mol. The molecule has 19 heavy (non-hydrogen) atoms. The molecule has 1 aliphatic carbocycles. The number of aromatic nitrogens is 2. The van der Waals surface area contributed by atoms with E-state index in [9.17, 15) is 8.78 Å². The van der Waals surface area contributed by atoms with Crippen molar-refractivity contribution >= 4 is 11.6 Å². The van der Waals surface area contributed by atoms with Gasteiger partial charge >= 0.3 is 0 Å². The summed E-state index contributed by atoms with van der Waals surface area (Å²) in [6.07, 6.45) is -0.473. The van der Waals surface area contributed by atoms with Gasteiger partial charge in [-0.3, -0.25) is 0 Å². The van der Waals surface area contributed by atoms with Gasteiger partial charge in [0.05, 0.1) is 13.2 Å². The second kappa shape index (κ2) is 5.64. The fraction of sp³-hybridized carbons (Fsp3) is 0.667. The lowest BCUT2D eigenvalue weighted by molar-refractivity contribution is 0.152. The third-order valence-corrected chi connectivity index (χ3v) is 3.15. The number of hydrogen-bond donors (Lipinski definition) is 2. The molecule has 2 rings (SSSR count). The smallest absolute Gasteiger partial charge is 0.255 e.